The highest BCUT2D eigenvalue weighted by molar-refractivity contribution is 6.11. The van der Waals surface area contributed by atoms with Crippen molar-refractivity contribution in [3.05, 3.63) is 59.2 Å². The van der Waals surface area contributed by atoms with Gasteiger partial charge in [0.2, 0.25) is 5.91 Å². The minimum absolute atomic E-state index is 0.0685. The van der Waals surface area contributed by atoms with Crippen LogP contribution in [0.4, 0.5) is 5.69 Å². The lowest BCUT2D eigenvalue weighted by Crippen LogP contribution is -2.39. The van der Waals surface area contributed by atoms with E-state index in [0.29, 0.717) is 6.42 Å². The molecule has 1 atom stereocenters. The van der Waals surface area contributed by atoms with Crippen molar-refractivity contribution in [2.24, 2.45) is 11.0 Å². The number of carbonyl (C=O) groups excluding carboxylic acids is 1. The third-order valence-electron chi connectivity index (χ3n) is 4.89. The Labute approximate surface area is 141 Å². The molecule has 0 saturated heterocycles. The van der Waals surface area contributed by atoms with Gasteiger partial charge < -0.3 is 4.74 Å². The third-order valence-corrected chi connectivity index (χ3v) is 4.89. The van der Waals surface area contributed by atoms with Gasteiger partial charge in [0.1, 0.15) is 5.75 Å². The molecule has 2 aromatic carbocycles. The van der Waals surface area contributed by atoms with Gasteiger partial charge in [0.05, 0.1) is 18.5 Å². The van der Waals surface area contributed by atoms with Gasteiger partial charge in [-0.25, -0.2) is 5.01 Å². The molecular weight excluding hydrogens is 300 g/mol. The molecule has 1 heterocycles. The maximum atomic E-state index is 12.6. The quantitative estimate of drug-likeness (QED) is 0.846. The molecule has 122 valence electrons. The van der Waals surface area contributed by atoms with Gasteiger partial charge in [0.25, 0.3) is 0 Å². The van der Waals surface area contributed by atoms with E-state index in [9.17, 15) is 4.79 Å². The normalized spacial score (nSPS) is 19.4. The molecule has 4 rings (SSSR count). The van der Waals surface area contributed by atoms with E-state index in [4.69, 9.17) is 9.84 Å². The van der Waals surface area contributed by atoms with Crippen LogP contribution in [-0.2, 0) is 11.2 Å². The average molecular weight is 320 g/mol. The largest absolute Gasteiger partial charge is 0.497 e. The summed E-state index contributed by atoms with van der Waals surface area (Å²) in [5.74, 6) is 1.11. The molecule has 0 N–H and O–H groups in total. The van der Waals surface area contributed by atoms with Crippen molar-refractivity contribution in [1.29, 1.82) is 0 Å². The Morgan fingerprint density at radius 1 is 1.17 bits per heavy atom. The van der Waals surface area contributed by atoms with Crippen molar-refractivity contribution in [2.75, 3.05) is 12.1 Å². The van der Waals surface area contributed by atoms with E-state index in [1.807, 2.05) is 43.3 Å². The summed E-state index contributed by atoms with van der Waals surface area (Å²) >= 11 is 0. The zero-order chi connectivity index (χ0) is 16.7. The Balaban J connectivity index is 1.80. The number of nitrogens with zero attached hydrogens (tertiary/aromatic N) is 2. The Morgan fingerprint density at radius 2 is 1.96 bits per heavy atom. The number of rotatable bonds is 2. The minimum Gasteiger partial charge on any atom is -0.497 e. The number of aryl methyl sites for hydroxylation is 2. The van der Waals surface area contributed by atoms with Gasteiger partial charge in [-0.05, 0) is 49.6 Å². The topological polar surface area (TPSA) is 41.9 Å². The lowest BCUT2D eigenvalue weighted by molar-refractivity contribution is -0.119. The number of fused-ring (bicyclic) bond motifs is 3. The number of methoxy groups -OCH3 is 1. The third kappa shape index (κ3) is 2.48. The van der Waals surface area contributed by atoms with Gasteiger partial charge in [0.15, 0.2) is 0 Å². The second kappa shape index (κ2) is 5.78. The molecule has 4 heteroatoms. The number of hydrogen-bond acceptors (Lipinski definition) is 3. The Kier molecular flexibility index (Phi) is 3.60. The van der Waals surface area contributed by atoms with E-state index in [2.05, 4.69) is 6.07 Å². The second-order valence-electron chi connectivity index (χ2n) is 6.49. The van der Waals surface area contributed by atoms with Crippen molar-refractivity contribution in [2.45, 2.75) is 26.2 Å². The smallest absolute Gasteiger partial charge is 0.248 e. The lowest BCUT2D eigenvalue weighted by Gasteiger charge is -2.33. The van der Waals surface area contributed by atoms with E-state index in [-0.39, 0.29) is 11.8 Å². The number of hydrogen-bond donors (Lipinski definition) is 0. The molecule has 4 nitrogen and oxygen atoms in total. The van der Waals surface area contributed by atoms with Crippen LogP contribution in [0, 0.1) is 12.8 Å². The van der Waals surface area contributed by atoms with E-state index in [0.717, 1.165) is 35.6 Å². The summed E-state index contributed by atoms with van der Waals surface area (Å²) in [5.41, 5.74) is 5.41. The average Bonchev–Trinajstić information content (AvgIpc) is 2.61. The summed E-state index contributed by atoms with van der Waals surface area (Å²) in [7, 11) is 1.67. The molecule has 24 heavy (non-hydrogen) atoms. The Morgan fingerprint density at radius 3 is 2.71 bits per heavy atom. The molecule has 2 aliphatic rings. The van der Waals surface area contributed by atoms with E-state index >= 15 is 0 Å². The lowest BCUT2D eigenvalue weighted by atomic mass is 9.79. The number of benzene rings is 2. The highest BCUT2D eigenvalue weighted by Crippen LogP contribution is 2.35. The van der Waals surface area contributed by atoms with Crippen LogP contribution < -0.4 is 9.75 Å². The maximum absolute atomic E-state index is 12.6. The first-order valence-electron chi connectivity index (χ1n) is 8.31. The van der Waals surface area contributed by atoms with Gasteiger partial charge in [-0.15, -0.1) is 0 Å². The van der Waals surface area contributed by atoms with Gasteiger partial charge in [-0.3, -0.25) is 4.79 Å². The minimum atomic E-state index is 0.0685. The summed E-state index contributed by atoms with van der Waals surface area (Å²) < 4.78 is 5.37. The molecule has 0 saturated carbocycles. The summed E-state index contributed by atoms with van der Waals surface area (Å²) in [6, 6.07) is 14.1. The first-order valence-corrected chi connectivity index (χ1v) is 8.31. The fourth-order valence-electron chi connectivity index (χ4n) is 3.51. The number of ether oxygens (including phenoxy) is 1. The van der Waals surface area contributed by atoms with Gasteiger partial charge in [0, 0.05) is 17.9 Å². The highest BCUT2D eigenvalue weighted by atomic mass is 16.5. The van der Waals surface area contributed by atoms with Gasteiger partial charge in [-0.2, -0.15) is 5.10 Å². The molecule has 2 aromatic rings. The molecule has 1 aliphatic heterocycles. The monoisotopic (exact) mass is 320 g/mol. The molecule has 0 bridgehead atoms. The first kappa shape index (κ1) is 14.9. The fraction of sp³-hybridized carbons (Fsp3) is 0.300. The predicted molar refractivity (Wildman–Crippen MR) is 94.6 cm³/mol. The zero-order valence-corrected chi connectivity index (χ0v) is 14.0. The van der Waals surface area contributed by atoms with Crippen LogP contribution in [0.2, 0.25) is 0 Å². The van der Waals surface area contributed by atoms with Crippen LogP contribution in [0.25, 0.3) is 0 Å². The second-order valence-corrected chi connectivity index (χ2v) is 6.49. The van der Waals surface area contributed by atoms with Crippen molar-refractivity contribution < 1.29 is 9.53 Å². The highest BCUT2D eigenvalue weighted by Gasteiger charge is 2.34. The molecule has 1 amide bonds. The molecule has 1 aliphatic carbocycles. The molecular formula is C20H20N2O2. The van der Waals surface area contributed by atoms with Gasteiger partial charge >= 0.3 is 0 Å². The van der Waals surface area contributed by atoms with E-state index in [1.165, 1.54) is 11.1 Å². The van der Waals surface area contributed by atoms with Crippen LogP contribution in [0.15, 0.2) is 47.6 Å². The summed E-state index contributed by atoms with van der Waals surface area (Å²) in [6.07, 6.45) is 2.48. The standard InChI is InChI=1S/C20H20N2O2/c1-13-3-8-16(9-4-13)22-19(23)11-15-6-5-14-7-10-17(24-2)12-18(14)20(15)21-22/h3-4,7-10,12,15H,5-6,11H2,1-2H3. The summed E-state index contributed by atoms with van der Waals surface area (Å²) in [5, 5.41) is 6.30. The molecule has 0 radical (unpaired) electrons. The first-order chi connectivity index (χ1) is 11.7. The fourth-order valence-corrected chi connectivity index (χ4v) is 3.51. The van der Waals surface area contributed by atoms with Crippen molar-refractivity contribution in [3.8, 4) is 5.75 Å². The Bertz CT molecular complexity index is 824. The van der Waals surface area contributed by atoms with Crippen LogP contribution in [0.5, 0.6) is 5.75 Å². The summed E-state index contributed by atoms with van der Waals surface area (Å²) in [4.78, 5) is 12.6. The number of anilines is 1. The number of carbonyl (C=O) groups is 1. The Hall–Kier alpha value is -2.62. The van der Waals surface area contributed by atoms with Crippen LogP contribution in [-0.4, -0.2) is 18.7 Å². The van der Waals surface area contributed by atoms with Crippen molar-refractivity contribution in [1.82, 2.24) is 0 Å². The van der Waals surface area contributed by atoms with Crippen LogP contribution >= 0.6 is 0 Å². The van der Waals surface area contributed by atoms with Crippen molar-refractivity contribution in [3.63, 3.8) is 0 Å². The zero-order valence-electron chi connectivity index (χ0n) is 14.0. The number of amides is 1. The predicted octanol–water partition coefficient (Wildman–Crippen LogP) is 3.71. The van der Waals surface area contributed by atoms with Gasteiger partial charge in [-0.1, -0.05) is 23.8 Å². The van der Waals surface area contributed by atoms with E-state index < -0.39 is 0 Å². The molecule has 0 aromatic heterocycles. The maximum Gasteiger partial charge on any atom is 0.248 e. The molecule has 1 unspecified atom stereocenters. The summed E-state index contributed by atoms with van der Waals surface area (Å²) in [6.45, 7) is 2.04. The number of hydrazone groups is 1. The van der Waals surface area contributed by atoms with Crippen LogP contribution in [0.1, 0.15) is 29.5 Å². The van der Waals surface area contributed by atoms with Crippen molar-refractivity contribution >= 4 is 17.3 Å². The van der Waals surface area contributed by atoms with E-state index in [1.54, 1.807) is 12.1 Å². The van der Waals surface area contributed by atoms with Crippen LogP contribution in [0.3, 0.4) is 0 Å². The molecule has 0 spiro atoms. The SMILES string of the molecule is COc1ccc2c(c1)C1=NN(c3ccc(C)cc3)C(=O)CC1CC2. The molecule has 0 fully saturated rings.